The van der Waals surface area contributed by atoms with Crippen LogP contribution in [0.25, 0.3) is 22.3 Å². The van der Waals surface area contributed by atoms with Gasteiger partial charge in [0.1, 0.15) is 0 Å². The predicted octanol–water partition coefficient (Wildman–Crippen LogP) is 7.45. The Morgan fingerprint density at radius 1 is 0.525 bits per heavy atom. The van der Waals surface area contributed by atoms with E-state index in [9.17, 15) is 10.0 Å². The van der Waals surface area contributed by atoms with Gasteiger partial charge in [-0.25, -0.2) is 0 Å². The minimum atomic E-state index is -1.60. The smallest absolute Gasteiger partial charge is 0.423 e. The Hall–Kier alpha value is -4.12. The Labute approximate surface area is 236 Å². The van der Waals surface area contributed by atoms with Crippen molar-refractivity contribution in [3.8, 4) is 22.3 Å². The first-order chi connectivity index (χ1) is 19.2. The molecule has 0 saturated heterocycles. The summed E-state index contributed by atoms with van der Waals surface area (Å²) < 4.78 is 0. The van der Waals surface area contributed by atoms with Crippen molar-refractivity contribution >= 4 is 29.6 Å². The molecule has 4 heteroatoms. The summed E-state index contributed by atoms with van der Waals surface area (Å²) in [6, 6.07) is 38.1. The van der Waals surface area contributed by atoms with Gasteiger partial charge in [0.25, 0.3) is 0 Å². The molecule has 0 amide bonds. The molecule has 0 radical (unpaired) electrons. The zero-order valence-corrected chi connectivity index (χ0v) is 23.3. The molecule has 196 valence electrons. The van der Waals surface area contributed by atoms with Gasteiger partial charge in [0.2, 0.25) is 0 Å². The highest BCUT2D eigenvalue weighted by Gasteiger charge is 2.39. The molecule has 5 aromatic carbocycles. The van der Waals surface area contributed by atoms with E-state index in [0.29, 0.717) is 5.46 Å². The fourth-order valence-corrected chi connectivity index (χ4v) is 7.09. The van der Waals surface area contributed by atoms with Crippen molar-refractivity contribution in [3.05, 3.63) is 131 Å². The minimum absolute atomic E-state index is 0.0918. The molecule has 0 unspecified atom stereocenters. The van der Waals surface area contributed by atoms with Gasteiger partial charge in [-0.15, -0.1) is 0 Å². The number of hydrogen-bond donors (Lipinski definition) is 2. The number of rotatable bonds is 4. The molecule has 5 aromatic rings. The third-order valence-electron chi connectivity index (χ3n) is 9.11. The topological polar surface area (TPSA) is 43.7 Å². The lowest BCUT2D eigenvalue weighted by atomic mass is 9.78. The van der Waals surface area contributed by atoms with Gasteiger partial charge in [-0.2, -0.15) is 0 Å². The van der Waals surface area contributed by atoms with E-state index >= 15 is 0 Å². The second-order valence-corrected chi connectivity index (χ2v) is 12.0. The number of anilines is 3. The number of para-hydroxylation sites is 1. The van der Waals surface area contributed by atoms with Gasteiger partial charge in [-0.1, -0.05) is 113 Å². The number of benzene rings is 5. The Kier molecular flexibility index (Phi) is 5.41. The molecule has 0 heterocycles. The lowest BCUT2D eigenvalue weighted by molar-refractivity contribution is 0.426. The lowest BCUT2D eigenvalue weighted by Crippen LogP contribution is -2.34. The van der Waals surface area contributed by atoms with E-state index in [1.807, 2.05) is 18.2 Å². The Morgan fingerprint density at radius 2 is 1.07 bits per heavy atom. The molecule has 2 aliphatic carbocycles. The van der Waals surface area contributed by atoms with Crippen LogP contribution in [0.5, 0.6) is 0 Å². The normalized spacial score (nSPS) is 15.2. The van der Waals surface area contributed by atoms with Crippen LogP contribution in [0.1, 0.15) is 49.9 Å². The average Bonchev–Trinajstić information content (AvgIpc) is 3.34. The largest absolute Gasteiger partial charge is 0.490 e. The first-order valence-corrected chi connectivity index (χ1v) is 13.9. The number of nitrogens with zero attached hydrogens (tertiary/aromatic N) is 1. The monoisotopic (exact) mass is 521 g/mol. The third-order valence-corrected chi connectivity index (χ3v) is 9.11. The molecule has 40 heavy (non-hydrogen) atoms. The van der Waals surface area contributed by atoms with Gasteiger partial charge in [0, 0.05) is 33.2 Å². The Bertz CT molecular complexity index is 1800. The molecule has 0 atom stereocenters. The molecule has 0 saturated carbocycles. The van der Waals surface area contributed by atoms with Crippen molar-refractivity contribution in [2.24, 2.45) is 0 Å². The van der Waals surface area contributed by atoms with Crippen LogP contribution < -0.4 is 10.4 Å². The van der Waals surface area contributed by atoms with Crippen LogP contribution in [0, 0.1) is 0 Å². The molecule has 2 aliphatic rings. The average molecular weight is 521 g/mol. The summed E-state index contributed by atoms with van der Waals surface area (Å²) in [4.78, 5) is 2.21. The van der Waals surface area contributed by atoms with Crippen LogP contribution in [-0.2, 0) is 10.8 Å². The van der Waals surface area contributed by atoms with Crippen LogP contribution in [0.4, 0.5) is 17.1 Å². The van der Waals surface area contributed by atoms with Crippen molar-refractivity contribution in [3.63, 3.8) is 0 Å². The standard InChI is InChI=1S/C36H32BNO2/c1-35(2)27-14-7-5-12-24(27)26-22-23(20-21-29(26)35)38(32-18-10-9-17-31(32)37(39)40)33-19-11-16-30-34(33)25-13-6-8-15-28(25)36(30,3)4/h5-22,39-40H,1-4H3. The predicted molar refractivity (Wildman–Crippen MR) is 166 cm³/mol. The quantitative estimate of drug-likeness (QED) is 0.242. The summed E-state index contributed by atoms with van der Waals surface area (Å²) in [5.74, 6) is 0. The number of fused-ring (bicyclic) bond motifs is 6. The highest BCUT2D eigenvalue weighted by atomic mass is 16.4. The van der Waals surface area contributed by atoms with Gasteiger partial charge >= 0.3 is 7.12 Å². The summed E-state index contributed by atoms with van der Waals surface area (Å²) in [6.45, 7) is 9.14. The van der Waals surface area contributed by atoms with Crippen LogP contribution in [0.3, 0.4) is 0 Å². The van der Waals surface area contributed by atoms with E-state index in [4.69, 9.17) is 0 Å². The highest BCUT2D eigenvalue weighted by Crippen LogP contribution is 2.55. The summed E-state index contributed by atoms with van der Waals surface area (Å²) >= 11 is 0. The minimum Gasteiger partial charge on any atom is -0.423 e. The van der Waals surface area contributed by atoms with E-state index in [0.717, 1.165) is 17.1 Å². The first kappa shape index (κ1) is 24.9. The molecule has 7 rings (SSSR count). The molecule has 0 aliphatic heterocycles. The SMILES string of the molecule is CC1(C)c2ccccc2-c2cc(N(c3ccccc3B(O)O)c3cccc4c3-c3ccccc3C4(C)C)ccc21. The molecular weight excluding hydrogens is 489 g/mol. The lowest BCUT2D eigenvalue weighted by Gasteiger charge is -2.31. The zero-order chi connectivity index (χ0) is 27.8. The van der Waals surface area contributed by atoms with Gasteiger partial charge < -0.3 is 14.9 Å². The zero-order valence-electron chi connectivity index (χ0n) is 23.3. The summed E-state index contributed by atoms with van der Waals surface area (Å²) in [6.07, 6.45) is 0. The molecule has 0 bridgehead atoms. The van der Waals surface area contributed by atoms with E-state index < -0.39 is 7.12 Å². The molecule has 0 aromatic heterocycles. The van der Waals surface area contributed by atoms with Crippen LogP contribution in [0.2, 0.25) is 0 Å². The second-order valence-electron chi connectivity index (χ2n) is 12.0. The summed E-state index contributed by atoms with van der Waals surface area (Å²) in [5, 5.41) is 20.9. The second kappa shape index (κ2) is 8.69. The maximum atomic E-state index is 10.5. The number of hydrogen-bond acceptors (Lipinski definition) is 3. The van der Waals surface area contributed by atoms with Crippen molar-refractivity contribution in [1.82, 2.24) is 0 Å². The van der Waals surface area contributed by atoms with Crippen LogP contribution >= 0.6 is 0 Å². The Morgan fingerprint density at radius 3 is 1.82 bits per heavy atom. The maximum Gasteiger partial charge on any atom is 0.490 e. The molecule has 0 spiro atoms. The van der Waals surface area contributed by atoms with E-state index in [-0.39, 0.29) is 10.8 Å². The fraction of sp³-hybridized carbons (Fsp3) is 0.167. The van der Waals surface area contributed by atoms with Gasteiger partial charge in [-0.05, 0) is 63.2 Å². The van der Waals surface area contributed by atoms with Gasteiger partial charge in [0.05, 0.1) is 5.69 Å². The van der Waals surface area contributed by atoms with Gasteiger partial charge in [-0.3, -0.25) is 0 Å². The molecule has 2 N–H and O–H groups in total. The summed E-state index contributed by atoms with van der Waals surface area (Å²) in [5.41, 5.74) is 13.1. The molecule has 3 nitrogen and oxygen atoms in total. The fourth-order valence-electron chi connectivity index (χ4n) is 7.09. The van der Waals surface area contributed by atoms with Crippen LogP contribution in [-0.4, -0.2) is 17.2 Å². The Balaban J connectivity index is 1.53. The van der Waals surface area contributed by atoms with Crippen molar-refractivity contribution in [1.29, 1.82) is 0 Å². The van der Waals surface area contributed by atoms with Crippen molar-refractivity contribution < 1.29 is 10.0 Å². The van der Waals surface area contributed by atoms with E-state index in [1.165, 1.54) is 44.5 Å². The molecule has 0 fully saturated rings. The maximum absolute atomic E-state index is 10.5. The van der Waals surface area contributed by atoms with Gasteiger partial charge in [0.15, 0.2) is 0 Å². The van der Waals surface area contributed by atoms with Crippen LogP contribution in [0.15, 0.2) is 109 Å². The third kappa shape index (κ3) is 3.40. The summed E-state index contributed by atoms with van der Waals surface area (Å²) in [7, 11) is -1.60. The highest BCUT2D eigenvalue weighted by molar-refractivity contribution is 6.60. The van der Waals surface area contributed by atoms with Crippen molar-refractivity contribution in [2.45, 2.75) is 38.5 Å². The van der Waals surface area contributed by atoms with Crippen molar-refractivity contribution in [2.75, 3.05) is 4.90 Å². The van der Waals surface area contributed by atoms with E-state index in [1.54, 1.807) is 6.07 Å². The van der Waals surface area contributed by atoms with E-state index in [2.05, 4.69) is 118 Å². The molecular formula is C36H32BNO2. The first-order valence-electron chi connectivity index (χ1n) is 13.9.